The molecule has 1 atom stereocenters. The van der Waals surface area contributed by atoms with Gasteiger partial charge in [-0.2, -0.15) is 0 Å². The molecule has 1 aromatic rings. The Kier molecular flexibility index (Phi) is 4.18. The van der Waals surface area contributed by atoms with Gasteiger partial charge in [-0.05, 0) is 37.5 Å². The monoisotopic (exact) mass is 319 g/mol. The molecule has 0 radical (unpaired) electrons. The number of hydrogen-bond donors (Lipinski definition) is 0. The van der Waals surface area contributed by atoms with Crippen LogP contribution in [-0.4, -0.2) is 49.7 Å². The standard InChI is InChI=1S/C18H25NO4/c1-2-20-15-10-18(23-12-15)5-7-19(8-6-18)11-14-3-4-16-17(9-14)22-13-21-16/h3-4,9,15H,2,5-8,10-13H2,1H3/t15-/m0/s1. The van der Waals surface area contributed by atoms with Crippen LogP contribution in [0.25, 0.3) is 0 Å². The second-order valence-corrected chi connectivity index (χ2v) is 6.74. The third kappa shape index (κ3) is 3.18. The molecule has 5 heteroatoms. The van der Waals surface area contributed by atoms with Crippen LogP contribution in [0.2, 0.25) is 0 Å². The summed E-state index contributed by atoms with van der Waals surface area (Å²) in [4.78, 5) is 2.50. The van der Waals surface area contributed by atoms with E-state index in [1.807, 2.05) is 6.07 Å². The third-order valence-electron chi connectivity index (χ3n) is 5.19. The summed E-state index contributed by atoms with van der Waals surface area (Å²) >= 11 is 0. The molecule has 5 nitrogen and oxygen atoms in total. The molecule has 0 saturated carbocycles. The van der Waals surface area contributed by atoms with Gasteiger partial charge in [-0.3, -0.25) is 4.90 Å². The zero-order valence-electron chi connectivity index (χ0n) is 13.8. The van der Waals surface area contributed by atoms with Gasteiger partial charge in [0.15, 0.2) is 11.5 Å². The Hall–Kier alpha value is -1.30. The first-order valence-corrected chi connectivity index (χ1v) is 8.63. The maximum absolute atomic E-state index is 6.12. The van der Waals surface area contributed by atoms with Gasteiger partial charge in [-0.15, -0.1) is 0 Å². The highest BCUT2D eigenvalue weighted by atomic mass is 16.7. The van der Waals surface area contributed by atoms with Crippen molar-refractivity contribution in [1.29, 1.82) is 0 Å². The van der Waals surface area contributed by atoms with Crippen molar-refractivity contribution in [2.24, 2.45) is 0 Å². The molecule has 126 valence electrons. The zero-order valence-corrected chi connectivity index (χ0v) is 13.8. The number of piperidine rings is 1. The van der Waals surface area contributed by atoms with Crippen LogP contribution in [-0.2, 0) is 16.0 Å². The third-order valence-corrected chi connectivity index (χ3v) is 5.19. The Morgan fingerprint density at radius 3 is 2.87 bits per heavy atom. The van der Waals surface area contributed by atoms with E-state index in [1.54, 1.807) is 0 Å². The highest BCUT2D eigenvalue weighted by molar-refractivity contribution is 5.44. The molecule has 3 aliphatic rings. The summed E-state index contributed by atoms with van der Waals surface area (Å²) in [6, 6.07) is 6.24. The minimum absolute atomic E-state index is 0.0607. The molecule has 0 amide bonds. The Morgan fingerprint density at radius 1 is 1.22 bits per heavy atom. The maximum Gasteiger partial charge on any atom is 0.231 e. The van der Waals surface area contributed by atoms with Crippen LogP contribution in [0.15, 0.2) is 18.2 Å². The van der Waals surface area contributed by atoms with Crippen LogP contribution in [0.1, 0.15) is 31.7 Å². The first kappa shape index (κ1) is 15.2. The van der Waals surface area contributed by atoms with Crippen LogP contribution in [0.5, 0.6) is 11.5 Å². The van der Waals surface area contributed by atoms with Crippen LogP contribution in [0.4, 0.5) is 0 Å². The molecule has 0 N–H and O–H groups in total. The number of benzene rings is 1. The Morgan fingerprint density at radius 2 is 2.04 bits per heavy atom. The normalized spacial score (nSPS) is 26.0. The van der Waals surface area contributed by atoms with Crippen molar-refractivity contribution in [3.63, 3.8) is 0 Å². The second kappa shape index (κ2) is 6.30. The first-order valence-electron chi connectivity index (χ1n) is 8.63. The minimum Gasteiger partial charge on any atom is -0.454 e. The molecular formula is C18H25NO4. The topological polar surface area (TPSA) is 40.2 Å². The fourth-order valence-corrected chi connectivity index (χ4v) is 3.91. The molecule has 1 spiro atoms. The van der Waals surface area contributed by atoms with Gasteiger partial charge in [0.2, 0.25) is 6.79 Å². The van der Waals surface area contributed by atoms with Gasteiger partial charge in [-0.1, -0.05) is 6.07 Å². The van der Waals surface area contributed by atoms with E-state index in [4.69, 9.17) is 18.9 Å². The van der Waals surface area contributed by atoms with Gasteiger partial charge >= 0.3 is 0 Å². The lowest BCUT2D eigenvalue weighted by atomic mass is 9.88. The summed E-state index contributed by atoms with van der Waals surface area (Å²) in [6.45, 7) is 7.04. The van der Waals surface area contributed by atoms with Crippen LogP contribution in [0.3, 0.4) is 0 Å². The first-order chi connectivity index (χ1) is 11.3. The Labute approximate surface area is 137 Å². The maximum atomic E-state index is 6.12. The predicted octanol–water partition coefficient (Wildman–Crippen LogP) is 2.58. The average Bonchev–Trinajstić information content (AvgIpc) is 3.17. The molecule has 4 rings (SSSR count). The lowest BCUT2D eigenvalue weighted by molar-refractivity contribution is -0.0464. The number of fused-ring (bicyclic) bond motifs is 1. The van der Waals surface area contributed by atoms with Crippen molar-refractivity contribution in [1.82, 2.24) is 4.90 Å². The Balaban J connectivity index is 1.32. The highest BCUT2D eigenvalue weighted by Gasteiger charge is 2.42. The van der Waals surface area contributed by atoms with Gasteiger partial charge in [-0.25, -0.2) is 0 Å². The number of likely N-dealkylation sites (tertiary alicyclic amines) is 1. The smallest absolute Gasteiger partial charge is 0.231 e. The molecule has 3 aliphatic heterocycles. The van der Waals surface area contributed by atoms with Crippen molar-refractivity contribution >= 4 is 0 Å². The SMILES string of the molecule is CCO[C@@H]1COC2(CCN(Cc3ccc4c(c3)OCO4)CC2)C1. The molecular weight excluding hydrogens is 294 g/mol. The lowest BCUT2D eigenvalue weighted by Crippen LogP contribution is -2.43. The van der Waals surface area contributed by atoms with Gasteiger partial charge in [0.05, 0.1) is 18.3 Å². The summed E-state index contributed by atoms with van der Waals surface area (Å²) in [5.74, 6) is 1.72. The zero-order chi connectivity index (χ0) is 15.7. The summed E-state index contributed by atoms with van der Waals surface area (Å²) in [5, 5.41) is 0. The number of ether oxygens (including phenoxy) is 4. The molecule has 3 heterocycles. The van der Waals surface area contributed by atoms with Gasteiger partial charge in [0.25, 0.3) is 0 Å². The summed E-state index contributed by atoms with van der Waals surface area (Å²) in [5.41, 5.74) is 1.34. The van der Waals surface area contributed by atoms with Crippen LogP contribution in [0, 0.1) is 0 Å². The van der Waals surface area contributed by atoms with E-state index >= 15 is 0 Å². The highest BCUT2D eigenvalue weighted by Crippen LogP contribution is 2.38. The second-order valence-electron chi connectivity index (χ2n) is 6.74. The fourth-order valence-electron chi connectivity index (χ4n) is 3.91. The average molecular weight is 319 g/mol. The van der Waals surface area contributed by atoms with Crippen molar-refractivity contribution in [2.75, 3.05) is 33.1 Å². The quantitative estimate of drug-likeness (QED) is 0.853. The van der Waals surface area contributed by atoms with Crippen LogP contribution < -0.4 is 9.47 Å². The summed E-state index contributed by atoms with van der Waals surface area (Å²) in [7, 11) is 0. The number of rotatable bonds is 4. The fraction of sp³-hybridized carbons (Fsp3) is 0.667. The molecule has 0 aliphatic carbocycles. The molecule has 23 heavy (non-hydrogen) atoms. The largest absolute Gasteiger partial charge is 0.454 e. The molecule has 1 aromatic carbocycles. The van der Waals surface area contributed by atoms with Gasteiger partial charge < -0.3 is 18.9 Å². The van der Waals surface area contributed by atoms with Crippen molar-refractivity contribution in [3.05, 3.63) is 23.8 Å². The lowest BCUT2D eigenvalue weighted by Gasteiger charge is -2.38. The van der Waals surface area contributed by atoms with E-state index in [1.165, 1.54) is 5.56 Å². The van der Waals surface area contributed by atoms with Crippen molar-refractivity contribution < 1.29 is 18.9 Å². The van der Waals surface area contributed by atoms with Crippen molar-refractivity contribution in [2.45, 2.75) is 44.4 Å². The number of hydrogen-bond acceptors (Lipinski definition) is 5. The summed E-state index contributed by atoms with van der Waals surface area (Å²) in [6.07, 6.45) is 3.54. The van der Waals surface area contributed by atoms with Gasteiger partial charge in [0.1, 0.15) is 0 Å². The van der Waals surface area contributed by atoms with E-state index in [0.717, 1.165) is 63.6 Å². The molecule has 0 bridgehead atoms. The molecule has 2 fully saturated rings. The summed E-state index contributed by atoms with van der Waals surface area (Å²) < 4.78 is 22.7. The van der Waals surface area contributed by atoms with E-state index in [0.29, 0.717) is 12.9 Å². The number of nitrogens with zero attached hydrogens (tertiary/aromatic N) is 1. The molecule has 0 aromatic heterocycles. The molecule has 0 unspecified atom stereocenters. The molecule has 2 saturated heterocycles. The van der Waals surface area contributed by atoms with E-state index in [9.17, 15) is 0 Å². The van der Waals surface area contributed by atoms with E-state index in [2.05, 4.69) is 24.0 Å². The van der Waals surface area contributed by atoms with E-state index in [-0.39, 0.29) is 5.60 Å². The Bertz CT molecular complexity index is 554. The minimum atomic E-state index is 0.0607. The van der Waals surface area contributed by atoms with Crippen molar-refractivity contribution in [3.8, 4) is 11.5 Å². The van der Waals surface area contributed by atoms with Gasteiger partial charge in [0, 0.05) is 32.7 Å². The van der Waals surface area contributed by atoms with E-state index < -0.39 is 0 Å². The predicted molar refractivity (Wildman–Crippen MR) is 85.8 cm³/mol. The van der Waals surface area contributed by atoms with Crippen LogP contribution >= 0.6 is 0 Å².